The van der Waals surface area contributed by atoms with Gasteiger partial charge in [0.15, 0.2) is 0 Å². The topological polar surface area (TPSA) is 226 Å². The maximum absolute atomic E-state index is 12.7. The molecule has 12 nitrogen and oxygen atoms in total. The summed E-state index contributed by atoms with van der Waals surface area (Å²) in [7, 11) is 3.48. The second-order valence-corrected chi connectivity index (χ2v) is 12.8. The molecule has 0 fully saturated rings. The van der Waals surface area contributed by atoms with Gasteiger partial charge in [0, 0.05) is 63.4 Å². The van der Waals surface area contributed by atoms with Gasteiger partial charge in [-0.25, -0.2) is 0 Å². The third-order valence-electron chi connectivity index (χ3n) is 6.44. The summed E-state index contributed by atoms with van der Waals surface area (Å²) in [6, 6.07) is -0.273. The molecule has 14 heteroatoms. The Labute approximate surface area is 250 Å². The zero-order valence-electron chi connectivity index (χ0n) is 25.3. The van der Waals surface area contributed by atoms with E-state index < -0.39 is 0 Å². The number of nitrogens with one attached hydrogen (secondary N) is 4. The molecule has 0 heterocycles. The lowest BCUT2D eigenvalue weighted by Gasteiger charge is -2.18. The van der Waals surface area contributed by atoms with Crippen LogP contribution in [0.1, 0.15) is 51.4 Å². The van der Waals surface area contributed by atoms with Gasteiger partial charge in [0.05, 0.1) is 64.4 Å². The fraction of sp³-hybridized carbons (Fsp3) is 0.923. The maximum atomic E-state index is 12.7. The van der Waals surface area contributed by atoms with Crippen molar-refractivity contribution >= 4 is 33.4 Å². The fourth-order valence-corrected chi connectivity index (χ4v) is 5.86. The normalized spacial score (nSPS) is 12.8. The fourth-order valence-electron chi connectivity index (χ4n) is 4.05. The lowest BCUT2D eigenvalue weighted by atomic mass is 10.1. The van der Waals surface area contributed by atoms with Crippen LogP contribution in [0.4, 0.5) is 0 Å². The summed E-state index contributed by atoms with van der Waals surface area (Å²) < 4.78 is 0. The molecule has 0 bridgehead atoms. The molecular formula is C26H66N10O2S2+6. The van der Waals surface area contributed by atoms with E-state index in [1.165, 1.54) is 0 Å². The molecule has 0 radical (unpaired) electrons. The highest BCUT2D eigenvalue weighted by Crippen LogP contribution is 2.19. The Morgan fingerprint density at radius 3 is 1.30 bits per heavy atom. The molecule has 0 rings (SSSR count). The van der Waals surface area contributed by atoms with Crippen molar-refractivity contribution in [3.05, 3.63) is 0 Å². The van der Waals surface area contributed by atoms with E-state index in [4.69, 9.17) is 0 Å². The van der Waals surface area contributed by atoms with E-state index in [0.717, 1.165) is 128 Å². The highest BCUT2D eigenvalue weighted by Gasteiger charge is 2.18. The molecule has 0 aromatic rings. The monoisotopic (exact) mass is 614 g/mol. The van der Waals surface area contributed by atoms with Crippen LogP contribution in [0.25, 0.3) is 0 Å². The Morgan fingerprint density at radius 2 is 0.925 bits per heavy atom. The van der Waals surface area contributed by atoms with Crippen molar-refractivity contribution in [2.24, 2.45) is 0 Å². The minimum Gasteiger partial charge on any atom is -0.358 e. The first-order valence-corrected chi connectivity index (χ1v) is 18.2. The molecule has 238 valence electrons. The first kappa shape index (κ1) is 39.3. The lowest BCUT2D eigenvalue weighted by Crippen LogP contribution is -2.85. The standard InChI is InChI=1S/C26H60N10O2S2/c27-9-3-15-31-13-1-7-23(33-17-5-11-29)25(37)35-19-21-39-40-22-20-36-26(38)24(34-18-6-12-30)8-2-14-32-16-4-10-28/h23-24,31-34H,1-22,27-30H2,(H,35,37)(H,36,38)/p+6. The van der Waals surface area contributed by atoms with Crippen LogP contribution < -0.4 is 54.8 Å². The molecule has 0 aliphatic rings. The minimum absolute atomic E-state index is 0.0945. The number of carbonyl (C=O) groups excluding carboxylic acids is 2. The zero-order valence-corrected chi connectivity index (χ0v) is 27.0. The van der Waals surface area contributed by atoms with Gasteiger partial charge in [0.2, 0.25) is 11.8 Å². The SMILES string of the molecule is [NH3+]CCCNC(CCC[NH2+]CCC[NH3+])C(=O)NCCSSCCNC(=O)C(CCC[NH2+]CCC[NH3+])NCCC[NH3+]. The number of carbonyl (C=O) groups is 2. The molecule has 0 saturated heterocycles. The van der Waals surface area contributed by atoms with Crippen molar-refractivity contribution in [3.63, 3.8) is 0 Å². The largest absolute Gasteiger partial charge is 0.358 e. The van der Waals surface area contributed by atoms with E-state index in [0.29, 0.717) is 13.1 Å². The van der Waals surface area contributed by atoms with Gasteiger partial charge in [0.25, 0.3) is 0 Å². The van der Waals surface area contributed by atoms with Crippen LogP contribution in [-0.4, -0.2) is 114 Å². The van der Waals surface area contributed by atoms with E-state index in [-0.39, 0.29) is 23.9 Å². The number of hydrogen-bond donors (Lipinski definition) is 10. The molecular weight excluding hydrogens is 548 g/mol. The van der Waals surface area contributed by atoms with Gasteiger partial charge in [-0.15, -0.1) is 0 Å². The van der Waals surface area contributed by atoms with E-state index in [9.17, 15) is 9.59 Å². The Kier molecular flexibility index (Phi) is 30.7. The molecule has 20 N–H and O–H groups in total. The molecule has 0 aliphatic heterocycles. The van der Waals surface area contributed by atoms with Crippen LogP contribution in [0.5, 0.6) is 0 Å². The molecule has 0 spiro atoms. The van der Waals surface area contributed by atoms with Crippen LogP contribution in [0.2, 0.25) is 0 Å². The molecule has 2 unspecified atom stereocenters. The highest BCUT2D eigenvalue weighted by molar-refractivity contribution is 8.76. The predicted octanol–water partition coefficient (Wildman–Crippen LogP) is -6.27. The summed E-state index contributed by atoms with van der Waals surface area (Å²) >= 11 is 0. The number of amides is 2. The Balaban J connectivity index is 4.12. The van der Waals surface area contributed by atoms with Gasteiger partial charge in [-0.2, -0.15) is 0 Å². The summed E-state index contributed by atoms with van der Waals surface area (Å²) in [6.45, 7) is 11.0. The Morgan fingerprint density at radius 1 is 0.550 bits per heavy atom. The zero-order chi connectivity index (χ0) is 29.5. The van der Waals surface area contributed by atoms with Crippen LogP contribution in [0, 0.1) is 0 Å². The Bertz CT molecular complexity index is 534. The van der Waals surface area contributed by atoms with Crippen molar-refractivity contribution in [2.75, 3.05) is 90.0 Å². The van der Waals surface area contributed by atoms with E-state index in [2.05, 4.69) is 54.8 Å². The van der Waals surface area contributed by atoms with Crippen LogP contribution in [0.3, 0.4) is 0 Å². The molecule has 40 heavy (non-hydrogen) atoms. The number of hydrogen-bond acceptors (Lipinski definition) is 6. The van der Waals surface area contributed by atoms with Gasteiger partial charge >= 0.3 is 0 Å². The third kappa shape index (κ3) is 25.1. The number of rotatable bonds is 31. The summed E-state index contributed by atoms with van der Waals surface area (Å²) in [5, 5.41) is 17.7. The van der Waals surface area contributed by atoms with Gasteiger partial charge in [-0.3, -0.25) is 9.59 Å². The van der Waals surface area contributed by atoms with Gasteiger partial charge < -0.3 is 54.8 Å². The molecule has 0 saturated carbocycles. The van der Waals surface area contributed by atoms with Crippen molar-refractivity contribution < 1.29 is 43.2 Å². The molecule has 2 atom stereocenters. The summed E-state index contributed by atoms with van der Waals surface area (Å²) in [6.07, 6.45) is 7.97. The maximum Gasteiger partial charge on any atom is 0.237 e. The quantitative estimate of drug-likeness (QED) is 0.0270. The summed E-state index contributed by atoms with van der Waals surface area (Å²) in [4.78, 5) is 25.5. The van der Waals surface area contributed by atoms with Gasteiger partial charge in [-0.05, 0) is 25.7 Å². The van der Waals surface area contributed by atoms with Crippen LogP contribution >= 0.6 is 21.6 Å². The smallest absolute Gasteiger partial charge is 0.237 e. The van der Waals surface area contributed by atoms with Crippen molar-refractivity contribution in [1.29, 1.82) is 0 Å². The molecule has 0 aromatic heterocycles. The van der Waals surface area contributed by atoms with Crippen LogP contribution in [-0.2, 0) is 9.59 Å². The minimum atomic E-state index is -0.137. The predicted molar refractivity (Wildman–Crippen MR) is 166 cm³/mol. The lowest BCUT2D eigenvalue weighted by molar-refractivity contribution is -0.657. The molecule has 0 aromatic carbocycles. The van der Waals surface area contributed by atoms with Crippen molar-refractivity contribution in [2.45, 2.75) is 63.5 Å². The molecule has 2 amide bonds. The van der Waals surface area contributed by atoms with Crippen molar-refractivity contribution in [1.82, 2.24) is 21.3 Å². The Hall–Kier alpha value is -0.680. The number of quaternary nitrogens is 6. The van der Waals surface area contributed by atoms with E-state index in [1.54, 1.807) is 21.6 Å². The van der Waals surface area contributed by atoms with Gasteiger partial charge in [0.1, 0.15) is 0 Å². The molecule has 0 aliphatic carbocycles. The third-order valence-corrected chi connectivity index (χ3v) is 8.85. The van der Waals surface area contributed by atoms with E-state index in [1.807, 2.05) is 0 Å². The average Bonchev–Trinajstić information content (AvgIpc) is 2.95. The van der Waals surface area contributed by atoms with Gasteiger partial charge in [-0.1, -0.05) is 21.6 Å². The number of nitrogens with two attached hydrogens (primary N) is 2. The first-order chi connectivity index (χ1) is 19.6. The van der Waals surface area contributed by atoms with E-state index >= 15 is 0 Å². The summed E-state index contributed by atoms with van der Waals surface area (Å²) in [5.41, 5.74) is 15.5. The first-order valence-electron chi connectivity index (χ1n) is 15.7. The average molecular weight is 615 g/mol. The second-order valence-electron chi connectivity index (χ2n) is 10.1. The highest BCUT2D eigenvalue weighted by atomic mass is 33.1. The van der Waals surface area contributed by atoms with Crippen LogP contribution in [0.15, 0.2) is 0 Å². The summed E-state index contributed by atoms with van der Waals surface area (Å²) in [5.74, 6) is 1.87. The van der Waals surface area contributed by atoms with Crippen molar-refractivity contribution in [3.8, 4) is 0 Å². The second kappa shape index (κ2) is 31.3.